The second kappa shape index (κ2) is 9.86. The standard InChI is InChI=1S/C32H32N4O2/c1-3-23-11-4-5-13-26(23)33-32(38)35(25-17-18-25)21-30(37)36-28-15-7-6-14-27(28)34-19-9-16-29(34)31(36)24-12-8-10-22(2)20-24/h4-16,19-20,25,31H,3,17-18,21H2,1-2H3,(H,33,38). The molecule has 6 nitrogen and oxygen atoms in total. The highest BCUT2D eigenvalue weighted by Crippen LogP contribution is 2.42. The SMILES string of the molecule is CCc1ccccc1NC(=O)N(CC(=O)N1c2ccccc2-n2cccc2C1c1cccc(C)c1)C1CC1. The van der Waals surface area contributed by atoms with Crippen LogP contribution in [0.25, 0.3) is 5.69 Å². The summed E-state index contributed by atoms with van der Waals surface area (Å²) in [5.74, 6) is -0.0952. The molecule has 6 rings (SSSR count). The monoisotopic (exact) mass is 504 g/mol. The van der Waals surface area contributed by atoms with Gasteiger partial charge in [0.25, 0.3) is 0 Å². The third kappa shape index (κ3) is 4.36. The van der Waals surface area contributed by atoms with Crippen LogP contribution in [0.5, 0.6) is 0 Å². The number of carbonyl (C=O) groups excluding carboxylic acids is 2. The molecule has 3 amide bonds. The van der Waals surface area contributed by atoms with Gasteiger partial charge in [0.2, 0.25) is 5.91 Å². The molecule has 0 spiro atoms. The lowest BCUT2D eigenvalue weighted by Gasteiger charge is -2.39. The Morgan fingerprint density at radius 1 is 0.921 bits per heavy atom. The highest BCUT2D eigenvalue weighted by molar-refractivity contribution is 6.01. The van der Waals surface area contributed by atoms with Crippen LogP contribution >= 0.6 is 0 Å². The molecule has 1 aliphatic heterocycles. The third-order valence-electron chi connectivity index (χ3n) is 7.54. The first-order valence-corrected chi connectivity index (χ1v) is 13.4. The molecule has 1 aromatic heterocycles. The summed E-state index contributed by atoms with van der Waals surface area (Å²) in [7, 11) is 0. The zero-order chi connectivity index (χ0) is 26.2. The van der Waals surface area contributed by atoms with Crippen molar-refractivity contribution in [2.24, 2.45) is 0 Å². The first kappa shape index (κ1) is 24.0. The number of nitrogens with zero attached hydrogens (tertiary/aromatic N) is 3. The number of rotatable bonds is 6. The van der Waals surface area contributed by atoms with Crippen LogP contribution in [0.4, 0.5) is 16.2 Å². The van der Waals surface area contributed by atoms with Crippen LogP contribution < -0.4 is 10.2 Å². The van der Waals surface area contributed by atoms with Crippen molar-refractivity contribution in [1.29, 1.82) is 0 Å². The molecule has 2 aliphatic rings. The van der Waals surface area contributed by atoms with Crippen molar-refractivity contribution in [3.8, 4) is 5.69 Å². The minimum Gasteiger partial charge on any atom is -0.316 e. The van der Waals surface area contributed by atoms with Crippen molar-refractivity contribution in [1.82, 2.24) is 9.47 Å². The average Bonchev–Trinajstić information content (AvgIpc) is 3.66. The van der Waals surface area contributed by atoms with Crippen molar-refractivity contribution < 1.29 is 9.59 Å². The Morgan fingerprint density at radius 3 is 2.45 bits per heavy atom. The molecule has 6 heteroatoms. The quantitative estimate of drug-likeness (QED) is 0.327. The normalized spacial score (nSPS) is 15.9. The van der Waals surface area contributed by atoms with E-state index in [0.29, 0.717) is 0 Å². The molecule has 3 aromatic carbocycles. The van der Waals surface area contributed by atoms with E-state index in [0.717, 1.165) is 58.7 Å². The smallest absolute Gasteiger partial charge is 0.316 e. The number of urea groups is 1. The van der Waals surface area contributed by atoms with Crippen LogP contribution in [0.1, 0.15) is 48.2 Å². The first-order valence-electron chi connectivity index (χ1n) is 13.4. The fourth-order valence-electron chi connectivity index (χ4n) is 5.53. The van der Waals surface area contributed by atoms with E-state index in [4.69, 9.17) is 0 Å². The second-order valence-corrected chi connectivity index (χ2v) is 10.2. The van der Waals surface area contributed by atoms with Gasteiger partial charge in [0, 0.05) is 17.9 Å². The van der Waals surface area contributed by atoms with Gasteiger partial charge in [-0.15, -0.1) is 0 Å². The van der Waals surface area contributed by atoms with E-state index in [1.54, 1.807) is 4.90 Å². The van der Waals surface area contributed by atoms with Crippen LogP contribution in [0.3, 0.4) is 0 Å². The number of benzene rings is 3. The number of anilines is 2. The number of fused-ring (bicyclic) bond motifs is 3. The van der Waals surface area contributed by atoms with Crippen molar-refractivity contribution in [3.05, 3.63) is 114 Å². The van der Waals surface area contributed by atoms with Crippen LogP contribution in [-0.2, 0) is 11.2 Å². The van der Waals surface area contributed by atoms with E-state index in [1.807, 2.05) is 71.8 Å². The van der Waals surface area contributed by atoms with Gasteiger partial charge in [0.05, 0.1) is 17.1 Å². The average molecular weight is 505 g/mol. The van der Waals surface area contributed by atoms with E-state index in [1.165, 1.54) is 0 Å². The van der Waals surface area contributed by atoms with Gasteiger partial charge in [0.15, 0.2) is 0 Å². The Bertz CT molecular complexity index is 1500. The lowest BCUT2D eigenvalue weighted by Crippen LogP contribution is -2.48. The van der Waals surface area contributed by atoms with Gasteiger partial charge in [-0.25, -0.2) is 4.79 Å². The Hall–Kier alpha value is -4.32. The first-order chi connectivity index (χ1) is 18.5. The Kier molecular flexibility index (Phi) is 6.24. The van der Waals surface area contributed by atoms with Crippen molar-refractivity contribution in [2.45, 2.75) is 45.2 Å². The molecule has 38 heavy (non-hydrogen) atoms. The molecule has 0 radical (unpaired) electrons. The topological polar surface area (TPSA) is 57.6 Å². The molecule has 192 valence electrons. The predicted molar refractivity (Wildman–Crippen MR) is 151 cm³/mol. The lowest BCUT2D eigenvalue weighted by molar-refractivity contribution is -0.119. The highest BCUT2D eigenvalue weighted by Gasteiger charge is 2.40. The highest BCUT2D eigenvalue weighted by atomic mass is 16.2. The minimum absolute atomic E-state index is 0.0160. The summed E-state index contributed by atoms with van der Waals surface area (Å²) in [6.07, 6.45) is 4.70. The maximum absolute atomic E-state index is 14.3. The van der Waals surface area contributed by atoms with Crippen molar-refractivity contribution in [3.63, 3.8) is 0 Å². The van der Waals surface area contributed by atoms with Gasteiger partial charge >= 0.3 is 6.03 Å². The number of hydrogen-bond donors (Lipinski definition) is 1. The molecule has 1 N–H and O–H groups in total. The summed E-state index contributed by atoms with van der Waals surface area (Å²) in [4.78, 5) is 31.4. The van der Waals surface area contributed by atoms with E-state index in [-0.39, 0.29) is 30.6 Å². The maximum atomic E-state index is 14.3. The fraction of sp³-hybridized carbons (Fsp3) is 0.250. The summed E-state index contributed by atoms with van der Waals surface area (Å²) in [6, 6.07) is 27.8. The Labute approximate surface area is 223 Å². The molecular weight excluding hydrogens is 472 g/mol. The van der Waals surface area contributed by atoms with Crippen LogP contribution in [0.15, 0.2) is 91.1 Å². The zero-order valence-corrected chi connectivity index (χ0v) is 21.8. The number of nitrogens with one attached hydrogen (secondary N) is 1. The number of amides is 3. The molecule has 2 heterocycles. The van der Waals surface area contributed by atoms with Crippen LogP contribution in [0.2, 0.25) is 0 Å². The number of aryl methyl sites for hydroxylation is 2. The van der Waals surface area contributed by atoms with Crippen LogP contribution in [-0.4, -0.2) is 34.0 Å². The molecule has 0 saturated heterocycles. The van der Waals surface area contributed by atoms with Gasteiger partial charge in [-0.05, 0) is 67.6 Å². The molecule has 1 saturated carbocycles. The van der Waals surface area contributed by atoms with Gasteiger partial charge in [-0.3, -0.25) is 9.69 Å². The zero-order valence-electron chi connectivity index (χ0n) is 21.8. The van der Waals surface area contributed by atoms with E-state index in [9.17, 15) is 9.59 Å². The lowest BCUT2D eigenvalue weighted by atomic mass is 9.96. The van der Waals surface area contributed by atoms with Crippen LogP contribution in [0, 0.1) is 6.92 Å². The van der Waals surface area contributed by atoms with Gasteiger partial charge in [0.1, 0.15) is 12.6 Å². The largest absolute Gasteiger partial charge is 0.322 e. The Balaban J connectivity index is 1.36. The van der Waals surface area contributed by atoms with Gasteiger partial charge in [-0.1, -0.05) is 67.1 Å². The number of aromatic nitrogens is 1. The van der Waals surface area contributed by atoms with E-state index < -0.39 is 0 Å². The molecule has 4 aromatic rings. The summed E-state index contributed by atoms with van der Waals surface area (Å²) >= 11 is 0. The molecular formula is C32H32N4O2. The van der Waals surface area contributed by atoms with Gasteiger partial charge < -0.3 is 14.8 Å². The number of hydrogen-bond acceptors (Lipinski definition) is 2. The van der Waals surface area contributed by atoms with E-state index in [2.05, 4.69) is 48.0 Å². The van der Waals surface area contributed by atoms with E-state index >= 15 is 0 Å². The summed E-state index contributed by atoms with van der Waals surface area (Å²) < 4.78 is 2.17. The fourth-order valence-corrected chi connectivity index (χ4v) is 5.53. The van der Waals surface area contributed by atoms with Crippen molar-refractivity contribution >= 4 is 23.3 Å². The molecule has 1 fully saturated rings. The summed E-state index contributed by atoms with van der Waals surface area (Å²) in [5.41, 5.74) is 6.91. The third-order valence-corrected chi connectivity index (χ3v) is 7.54. The molecule has 1 aliphatic carbocycles. The minimum atomic E-state index is -0.294. The number of carbonyl (C=O) groups is 2. The molecule has 0 bridgehead atoms. The molecule has 1 atom stereocenters. The second-order valence-electron chi connectivity index (χ2n) is 10.2. The Morgan fingerprint density at radius 2 is 1.68 bits per heavy atom. The summed E-state index contributed by atoms with van der Waals surface area (Å²) in [6.45, 7) is 4.16. The van der Waals surface area contributed by atoms with Gasteiger partial charge in [-0.2, -0.15) is 0 Å². The maximum Gasteiger partial charge on any atom is 0.322 e. The molecule has 1 unspecified atom stereocenters. The van der Waals surface area contributed by atoms with Crippen molar-refractivity contribution in [2.75, 3.05) is 16.8 Å². The predicted octanol–water partition coefficient (Wildman–Crippen LogP) is 6.48. The summed E-state index contributed by atoms with van der Waals surface area (Å²) in [5, 5.41) is 3.08. The number of para-hydroxylation sites is 3.